The molecule has 0 N–H and O–H groups in total. The van der Waals surface area contributed by atoms with E-state index in [0.29, 0.717) is 18.4 Å². The van der Waals surface area contributed by atoms with Gasteiger partial charge >= 0.3 is 0 Å². The third-order valence-corrected chi connectivity index (χ3v) is 6.23. The maximum atomic E-state index is 12.5. The van der Waals surface area contributed by atoms with Gasteiger partial charge in [-0.3, -0.25) is 14.5 Å². The van der Waals surface area contributed by atoms with Crippen molar-refractivity contribution in [3.05, 3.63) is 0 Å². The second kappa shape index (κ2) is 9.56. The van der Waals surface area contributed by atoms with Crippen molar-refractivity contribution in [1.29, 1.82) is 0 Å². The van der Waals surface area contributed by atoms with Crippen molar-refractivity contribution in [3.8, 4) is 0 Å². The highest BCUT2D eigenvalue weighted by atomic mass is 16.2. The van der Waals surface area contributed by atoms with Crippen LogP contribution in [0.15, 0.2) is 0 Å². The van der Waals surface area contributed by atoms with Crippen LogP contribution in [-0.2, 0) is 9.59 Å². The first-order chi connectivity index (χ1) is 12.2. The van der Waals surface area contributed by atoms with E-state index in [0.717, 1.165) is 58.5 Å². The van der Waals surface area contributed by atoms with Gasteiger partial charge in [0.2, 0.25) is 11.8 Å². The zero-order valence-electron chi connectivity index (χ0n) is 15.8. The number of hydrogen-bond acceptors (Lipinski definition) is 3. The molecule has 0 spiro atoms. The molecule has 2 aliphatic heterocycles. The molecule has 1 saturated carbocycles. The summed E-state index contributed by atoms with van der Waals surface area (Å²) in [6.45, 7) is 5.66. The molecule has 3 rings (SSSR count). The summed E-state index contributed by atoms with van der Waals surface area (Å²) in [7, 11) is 0. The highest BCUT2D eigenvalue weighted by molar-refractivity contribution is 5.78. The van der Waals surface area contributed by atoms with Crippen LogP contribution in [0.4, 0.5) is 0 Å². The molecular formula is C20H35N3O2. The Balaban J connectivity index is 1.37. The van der Waals surface area contributed by atoms with E-state index in [1.165, 1.54) is 44.9 Å². The predicted molar refractivity (Wildman–Crippen MR) is 99.3 cm³/mol. The fraction of sp³-hybridized carbons (Fsp3) is 0.900. The molecule has 0 aromatic carbocycles. The van der Waals surface area contributed by atoms with Crippen molar-refractivity contribution in [2.24, 2.45) is 5.92 Å². The van der Waals surface area contributed by atoms with Gasteiger partial charge in [0.25, 0.3) is 0 Å². The minimum atomic E-state index is 0.281. The molecule has 0 bridgehead atoms. The van der Waals surface area contributed by atoms with Gasteiger partial charge in [0.05, 0.1) is 6.54 Å². The molecule has 25 heavy (non-hydrogen) atoms. The fourth-order valence-electron chi connectivity index (χ4n) is 4.53. The van der Waals surface area contributed by atoms with Crippen LogP contribution >= 0.6 is 0 Å². The number of carbonyl (C=O) groups excluding carboxylic acids is 2. The predicted octanol–water partition coefficient (Wildman–Crippen LogP) is 2.50. The monoisotopic (exact) mass is 349 g/mol. The molecule has 142 valence electrons. The van der Waals surface area contributed by atoms with Gasteiger partial charge in [-0.05, 0) is 31.6 Å². The van der Waals surface area contributed by atoms with E-state index in [9.17, 15) is 9.59 Å². The molecule has 0 unspecified atom stereocenters. The van der Waals surface area contributed by atoms with Crippen LogP contribution in [0, 0.1) is 5.92 Å². The van der Waals surface area contributed by atoms with Crippen molar-refractivity contribution in [2.75, 3.05) is 45.8 Å². The molecule has 0 radical (unpaired) electrons. The lowest BCUT2D eigenvalue weighted by atomic mass is 9.86. The minimum absolute atomic E-state index is 0.281. The SMILES string of the molecule is O=C(CC1CCCCC1)N1CCN(CC(=O)N2CCCCCC2)CC1. The number of carbonyl (C=O) groups is 2. The van der Waals surface area contributed by atoms with Gasteiger partial charge in [0, 0.05) is 45.7 Å². The Morgan fingerprint density at radius 2 is 1.20 bits per heavy atom. The quantitative estimate of drug-likeness (QED) is 0.783. The molecule has 3 fully saturated rings. The lowest BCUT2D eigenvalue weighted by Gasteiger charge is -2.36. The molecule has 0 aromatic heterocycles. The minimum Gasteiger partial charge on any atom is -0.342 e. The van der Waals surface area contributed by atoms with Gasteiger partial charge in [-0.15, -0.1) is 0 Å². The van der Waals surface area contributed by atoms with Crippen LogP contribution in [0.2, 0.25) is 0 Å². The third-order valence-electron chi connectivity index (χ3n) is 6.23. The van der Waals surface area contributed by atoms with Crippen LogP contribution in [-0.4, -0.2) is 72.3 Å². The van der Waals surface area contributed by atoms with E-state index < -0.39 is 0 Å². The molecular weight excluding hydrogens is 314 g/mol. The number of nitrogens with zero attached hydrogens (tertiary/aromatic N) is 3. The van der Waals surface area contributed by atoms with Gasteiger partial charge in [-0.25, -0.2) is 0 Å². The first-order valence-corrected chi connectivity index (χ1v) is 10.5. The molecule has 1 aliphatic carbocycles. The van der Waals surface area contributed by atoms with E-state index in [4.69, 9.17) is 0 Å². The Hall–Kier alpha value is -1.10. The average Bonchev–Trinajstić information content (AvgIpc) is 2.92. The summed E-state index contributed by atoms with van der Waals surface area (Å²) < 4.78 is 0. The van der Waals surface area contributed by atoms with Crippen LogP contribution in [0.1, 0.15) is 64.2 Å². The van der Waals surface area contributed by atoms with Crippen molar-refractivity contribution in [3.63, 3.8) is 0 Å². The lowest BCUT2D eigenvalue weighted by Crippen LogP contribution is -2.51. The standard InChI is InChI=1S/C20H35N3O2/c24-19(16-18-8-4-3-5-9-18)23-14-12-21(13-15-23)17-20(25)22-10-6-1-2-7-11-22/h18H,1-17H2. The summed E-state index contributed by atoms with van der Waals surface area (Å²) in [6.07, 6.45) is 11.9. The van der Waals surface area contributed by atoms with Crippen molar-refractivity contribution in [2.45, 2.75) is 64.2 Å². The average molecular weight is 350 g/mol. The van der Waals surface area contributed by atoms with E-state index in [1.54, 1.807) is 0 Å². The van der Waals surface area contributed by atoms with Gasteiger partial charge in [0.15, 0.2) is 0 Å². The second-order valence-electron chi connectivity index (χ2n) is 8.16. The van der Waals surface area contributed by atoms with E-state index in [-0.39, 0.29) is 5.91 Å². The molecule has 2 heterocycles. The maximum Gasteiger partial charge on any atom is 0.236 e. The Morgan fingerprint density at radius 3 is 1.84 bits per heavy atom. The number of rotatable bonds is 4. The zero-order chi connectivity index (χ0) is 17.5. The molecule has 2 amide bonds. The number of likely N-dealkylation sites (tertiary alicyclic amines) is 1. The Kier molecular flexibility index (Phi) is 7.14. The van der Waals surface area contributed by atoms with Gasteiger partial charge in [-0.2, -0.15) is 0 Å². The highest BCUT2D eigenvalue weighted by Crippen LogP contribution is 2.27. The number of piperazine rings is 1. The van der Waals surface area contributed by atoms with E-state index in [2.05, 4.69) is 4.90 Å². The summed E-state index contributed by atoms with van der Waals surface area (Å²) >= 11 is 0. The van der Waals surface area contributed by atoms with E-state index >= 15 is 0 Å². The van der Waals surface area contributed by atoms with Gasteiger partial charge in [-0.1, -0.05) is 32.1 Å². The summed E-state index contributed by atoms with van der Waals surface area (Å²) in [5.41, 5.74) is 0. The van der Waals surface area contributed by atoms with Gasteiger partial charge < -0.3 is 9.80 Å². The molecule has 3 aliphatic rings. The van der Waals surface area contributed by atoms with Crippen LogP contribution in [0.25, 0.3) is 0 Å². The van der Waals surface area contributed by atoms with Crippen LogP contribution in [0.5, 0.6) is 0 Å². The molecule has 5 heteroatoms. The van der Waals surface area contributed by atoms with Gasteiger partial charge in [0.1, 0.15) is 0 Å². The number of hydrogen-bond donors (Lipinski definition) is 0. The number of amides is 2. The molecule has 2 saturated heterocycles. The summed E-state index contributed by atoms with van der Waals surface area (Å²) in [5.74, 6) is 1.23. The third kappa shape index (κ3) is 5.70. The topological polar surface area (TPSA) is 43.9 Å². The fourth-order valence-corrected chi connectivity index (χ4v) is 4.53. The Labute approximate surface area is 152 Å². The normalized spacial score (nSPS) is 24.2. The second-order valence-corrected chi connectivity index (χ2v) is 8.16. The summed E-state index contributed by atoms with van der Waals surface area (Å²) in [6, 6.07) is 0. The Bertz CT molecular complexity index is 432. The molecule has 0 aromatic rings. The highest BCUT2D eigenvalue weighted by Gasteiger charge is 2.26. The van der Waals surface area contributed by atoms with Crippen LogP contribution in [0.3, 0.4) is 0 Å². The first-order valence-electron chi connectivity index (χ1n) is 10.5. The van der Waals surface area contributed by atoms with Crippen molar-refractivity contribution < 1.29 is 9.59 Å². The summed E-state index contributed by atoms with van der Waals surface area (Å²) in [5, 5.41) is 0. The Morgan fingerprint density at radius 1 is 0.640 bits per heavy atom. The maximum absolute atomic E-state index is 12.5. The smallest absolute Gasteiger partial charge is 0.236 e. The first kappa shape index (κ1) is 18.7. The van der Waals surface area contributed by atoms with Crippen molar-refractivity contribution in [1.82, 2.24) is 14.7 Å². The van der Waals surface area contributed by atoms with Crippen LogP contribution < -0.4 is 0 Å². The molecule has 0 atom stereocenters. The largest absolute Gasteiger partial charge is 0.342 e. The zero-order valence-corrected chi connectivity index (χ0v) is 15.8. The molecule has 5 nitrogen and oxygen atoms in total. The van der Waals surface area contributed by atoms with Crippen molar-refractivity contribution >= 4 is 11.8 Å². The van der Waals surface area contributed by atoms with E-state index in [1.807, 2.05) is 9.80 Å². The summed E-state index contributed by atoms with van der Waals surface area (Å²) in [4.78, 5) is 31.3. The lowest BCUT2D eigenvalue weighted by molar-refractivity contribution is -0.135.